The zero-order chi connectivity index (χ0) is 17.5. The number of hydrogen-bond acceptors (Lipinski definition) is 5. The normalized spacial score (nSPS) is 10.2. The fourth-order valence-electron chi connectivity index (χ4n) is 2.28. The van der Waals surface area contributed by atoms with Crippen LogP contribution >= 0.6 is 11.6 Å². The third kappa shape index (κ3) is 4.32. The van der Waals surface area contributed by atoms with Gasteiger partial charge in [-0.2, -0.15) is 0 Å². The van der Waals surface area contributed by atoms with Crippen molar-refractivity contribution in [3.8, 4) is 17.2 Å². The Kier molecular flexibility index (Phi) is 6.32. The first-order valence-electron chi connectivity index (χ1n) is 7.41. The molecule has 128 valence electrons. The summed E-state index contributed by atoms with van der Waals surface area (Å²) >= 11 is 5.98. The lowest BCUT2D eigenvalue weighted by molar-refractivity contribution is 0.0986. The third-order valence-corrected chi connectivity index (χ3v) is 3.77. The number of hydrogen-bond donors (Lipinski definition) is 1. The van der Waals surface area contributed by atoms with Crippen LogP contribution < -0.4 is 19.5 Å². The van der Waals surface area contributed by atoms with Gasteiger partial charge in [-0.15, -0.1) is 0 Å². The standard InChI is InChI=1S/C18H20ClNO4/c1-22-16-7-5-13(19)11-14(16)20-9-8-15(21)12-4-6-17(23-2)18(10-12)24-3/h4-7,10-11,20H,8-9H2,1-3H3. The monoisotopic (exact) mass is 349 g/mol. The topological polar surface area (TPSA) is 56.8 Å². The van der Waals surface area contributed by atoms with Gasteiger partial charge in [-0.3, -0.25) is 4.79 Å². The lowest BCUT2D eigenvalue weighted by Crippen LogP contribution is -2.10. The molecule has 0 saturated heterocycles. The highest BCUT2D eigenvalue weighted by Gasteiger charge is 2.11. The molecule has 24 heavy (non-hydrogen) atoms. The summed E-state index contributed by atoms with van der Waals surface area (Å²) < 4.78 is 15.7. The summed E-state index contributed by atoms with van der Waals surface area (Å²) in [5.74, 6) is 1.81. The summed E-state index contributed by atoms with van der Waals surface area (Å²) in [6.45, 7) is 0.462. The fraction of sp³-hybridized carbons (Fsp3) is 0.278. The van der Waals surface area contributed by atoms with Crippen LogP contribution in [0.2, 0.25) is 5.02 Å². The molecule has 0 aliphatic rings. The van der Waals surface area contributed by atoms with Crippen LogP contribution in [0.25, 0.3) is 0 Å². The summed E-state index contributed by atoms with van der Waals surface area (Å²) in [6.07, 6.45) is 0.325. The predicted molar refractivity (Wildman–Crippen MR) is 95.0 cm³/mol. The molecule has 2 aromatic rings. The van der Waals surface area contributed by atoms with Gasteiger partial charge in [0.25, 0.3) is 0 Å². The van der Waals surface area contributed by atoms with Crippen molar-refractivity contribution in [3.05, 3.63) is 47.0 Å². The molecule has 6 heteroatoms. The van der Waals surface area contributed by atoms with Crippen LogP contribution in [0.3, 0.4) is 0 Å². The molecule has 2 aromatic carbocycles. The Labute approximate surface area is 146 Å². The van der Waals surface area contributed by atoms with Crippen molar-refractivity contribution in [2.45, 2.75) is 6.42 Å². The SMILES string of the molecule is COc1ccc(Cl)cc1NCCC(=O)c1ccc(OC)c(OC)c1. The maximum atomic E-state index is 12.3. The zero-order valence-electron chi connectivity index (χ0n) is 13.9. The van der Waals surface area contributed by atoms with Crippen molar-refractivity contribution in [1.82, 2.24) is 0 Å². The third-order valence-electron chi connectivity index (χ3n) is 3.53. The predicted octanol–water partition coefficient (Wildman–Crippen LogP) is 4.05. The molecule has 0 unspecified atom stereocenters. The van der Waals surface area contributed by atoms with Crippen LogP contribution in [0.4, 0.5) is 5.69 Å². The number of carbonyl (C=O) groups is 1. The summed E-state index contributed by atoms with van der Waals surface area (Å²) in [5.41, 5.74) is 1.33. The van der Waals surface area contributed by atoms with Crippen LogP contribution in [0.15, 0.2) is 36.4 Å². The molecule has 0 aliphatic heterocycles. The van der Waals surface area contributed by atoms with E-state index in [-0.39, 0.29) is 5.78 Å². The zero-order valence-corrected chi connectivity index (χ0v) is 14.6. The second kappa shape index (κ2) is 8.45. The Balaban J connectivity index is 2.00. The second-order valence-electron chi connectivity index (χ2n) is 5.01. The summed E-state index contributed by atoms with van der Waals surface area (Å²) in [6, 6.07) is 10.4. The Morgan fingerprint density at radius 2 is 1.62 bits per heavy atom. The highest BCUT2D eigenvalue weighted by Crippen LogP contribution is 2.29. The number of anilines is 1. The van der Waals surface area contributed by atoms with Gasteiger partial charge in [0, 0.05) is 23.6 Å². The van der Waals surface area contributed by atoms with Crippen molar-refractivity contribution in [2.75, 3.05) is 33.2 Å². The Hall–Kier alpha value is -2.40. The Bertz CT molecular complexity index is 718. The maximum Gasteiger partial charge on any atom is 0.164 e. The van der Waals surface area contributed by atoms with Gasteiger partial charge < -0.3 is 19.5 Å². The maximum absolute atomic E-state index is 12.3. The van der Waals surface area contributed by atoms with Gasteiger partial charge in [-0.25, -0.2) is 0 Å². The molecule has 0 heterocycles. The number of methoxy groups -OCH3 is 3. The van der Waals surface area contributed by atoms with Crippen molar-refractivity contribution in [3.63, 3.8) is 0 Å². The number of nitrogens with one attached hydrogen (secondary N) is 1. The first-order valence-corrected chi connectivity index (χ1v) is 7.79. The van der Waals surface area contributed by atoms with E-state index in [4.69, 9.17) is 25.8 Å². The number of carbonyl (C=O) groups excluding carboxylic acids is 1. The van der Waals surface area contributed by atoms with Crippen molar-refractivity contribution in [2.24, 2.45) is 0 Å². The van der Waals surface area contributed by atoms with Crippen molar-refractivity contribution < 1.29 is 19.0 Å². The van der Waals surface area contributed by atoms with E-state index >= 15 is 0 Å². The van der Waals surface area contributed by atoms with E-state index in [0.717, 1.165) is 5.69 Å². The molecule has 0 aromatic heterocycles. The minimum atomic E-state index is 0.00412. The van der Waals surface area contributed by atoms with Gasteiger partial charge in [0.2, 0.25) is 0 Å². The molecule has 0 radical (unpaired) electrons. The Morgan fingerprint density at radius 3 is 2.29 bits per heavy atom. The molecule has 0 amide bonds. The molecule has 5 nitrogen and oxygen atoms in total. The van der Waals surface area contributed by atoms with E-state index in [2.05, 4.69) is 5.32 Å². The average molecular weight is 350 g/mol. The molecule has 0 aliphatic carbocycles. The number of Topliss-reactive ketones (excluding diaryl/α,β-unsaturated/α-hetero) is 1. The van der Waals surface area contributed by atoms with E-state index in [1.807, 2.05) is 0 Å². The van der Waals surface area contributed by atoms with Gasteiger partial charge >= 0.3 is 0 Å². The smallest absolute Gasteiger partial charge is 0.164 e. The fourth-order valence-corrected chi connectivity index (χ4v) is 2.46. The first-order chi connectivity index (χ1) is 11.6. The molecular formula is C18H20ClNO4. The van der Waals surface area contributed by atoms with Gasteiger partial charge in [0.1, 0.15) is 5.75 Å². The first kappa shape index (κ1) is 17.9. The quantitative estimate of drug-likeness (QED) is 0.728. The molecule has 0 saturated carbocycles. The summed E-state index contributed by atoms with van der Waals surface area (Å²) in [4.78, 5) is 12.3. The van der Waals surface area contributed by atoms with Crippen molar-refractivity contribution >= 4 is 23.1 Å². The van der Waals surface area contributed by atoms with E-state index < -0.39 is 0 Å². The molecule has 2 rings (SSSR count). The van der Waals surface area contributed by atoms with Crippen molar-refractivity contribution in [1.29, 1.82) is 0 Å². The van der Waals surface area contributed by atoms with E-state index in [9.17, 15) is 4.79 Å². The van der Waals surface area contributed by atoms with E-state index in [1.165, 1.54) is 0 Å². The number of benzene rings is 2. The number of halogens is 1. The van der Waals surface area contributed by atoms with Crippen LogP contribution in [0, 0.1) is 0 Å². The number of rotatable bonds is 8. The average Bonchev–Trinajstić information content (AvgIpc) is 2.61. The van der Waals surface area contributed by atoms with Crippen LogP contribution in [0.5, 0.6) is 17.2 Å². The molecular weight excluding hydrogens is 330 g/mol. The largest absolute Gasteiger partial charge is 0.495 e. The minimum absolute atomic E-state index is 0.00412. The molecule has 0 fully saturated rings. The summed E-state index contributed by atoms with van der Waals surface area (Å²) in [7, 11) is 4.68. The van der Waals surface area contributed by atoms with Crippen LogP contribution in [-0.4, -0.2) is 33.7 Å². The van der Waals surface area contributed by atoms with E-state index in [0.29, 0.717) is 40.8 Å². The molecule has 0 atom stereocenters. The van der Waals surface area contributed by atoms with Crippen LogP contribution in [0.1, 0.15) is 16.8 Å². The van der Waals surface area contributed by atoms with Gasteiger partial charge in [-0.1, -0.05) is 11.6 Å². The van der Waals surface area contributed by atoms with Crippen LogP contribution in [-0.2, 0) is 0 Å². The molecule has 0 spiro atoms. The lowest BCUT2D eigenvalue weighted by Gasteiger charge is -2.12. The highest BCUT2D eigenvalue weighted by molar-refractivity contribution is 6.30. The van der Waals surface area contributed by atoms with Gasteiger partial charge in [0.05, 0.1) is 27.0 Å². The summed E-state index contributed by atoms with van der Waals surface area (Å²) in [5, 5.41) is 3.77. The second-order valence-corrected chi connectivity index (χ2v) is 5.45. The van der Waals surface area contributed by atoms with E-state index in [1.54, 1.807) is 57.7 Å². The molecule has 1 N–H and O–H groups in total. The molecule has 0 bridgehead atoms. The van der Waals surface area contributed by atoms with Gasteiger partial charge in [0.15, 0.2) is 17.3 Å². The Morgan fingerprint density at radius 1 is 0.958 bits per heavy atom. The minimum Gasteiger partial charge on any atom is -0.495 e. The number of ether oxygens (including phenoxy) is 3. The van der Waals surface area contributed by atoms with Gasteiger partial charge in [-0.05, 0) is 36.4 Å². The highest BCUT2D eigenvalue weighted by atomic mass is 35.5. The lowest BCUT2D eigenvalue weighted by atomic mass is 10.1. The number of ketones is 1.